The first kappa shape index (κ1) is 25.5. The zero-order valence-corrected chi connectivity index (χ0v) is 20.0. The van der Waals surface area contributed by atoms with Crippen molar-refractivity contribution >= 4 is 41.5 Å². The van der Waals surface area contributed by atoms with Gasteiger partial charge in [-0.3, -0.25) is 9.69 Å². The van der Waals surface area contributed by atoms with Crippen LogP contribution in [-0.2, 0) is 14.3 Å². The van der Waals surface area contributed by atoms with Gasteiger partial charge in [-0.1, -0.05) is 23.2 Å². The van der Waals surface area contributed by atoms with Gasteiger partial charge in [-0.15, -0.1) is 12.4 Å². The van der Waals surface area contributed by atoms with E-state index in [1.165, 1.54) is 12.8 Å². The Kier molecular flexibility index (Phi) is 9.98. The van der Waals surface area contributed by atoms with Gasteiger partial charge in [0, 0.05) is 39.4 Å². The zero-order chi connectivity index (χ0) is 21.0. The maximum Gasteiger partial charge on any atom is 0.260 e. The molecule has 0 bridgehead atoms. The van der Waals surface area contributed by atoms with Crippen molar-refractivity contribution in [1.82, 2.24) is 9.80 Å². The molecular weight excluding hydrogens is 451 g/mol. The van der Waals surface area contributed by atoms with Gasteiger partial charge in [0.2, 0.25) is 0 Å². The molecule has 1 aliphatic heterocycles. The Labute approximate surface area is 195 Å². The lowest BCUT2D eigenvalue weighted by Gasteiger charge is -2.47. The van der Waals surface area contributed by atoms with Crippen LogP contribution in [0.15, 0.2) is 18.2 Å². The van der Waals surface area contributed by atoms with Crippen LogP contribution in [0.25, 0.3) is 0 Å². The quantitative estimate of drug-likeness (QED) is 0.591. The number of benzene rings is 1. The van der Waals surface area contributed by atoms with E-state index in [0.717, 1.165) is 25.9 Å². The van der Waals surface area contributed by atoms with E-state index < -0.39 is 0 Å². The SMILES string of the molecule is CO[C@H]1C[C@@H](N2CCCC2)[C@H](N(C)C(=O)COc2ccc(Cl)c(Cl)c2)C[C@H]1OC.Cl. The summed E-state index contributed by atoms with van der Waals surface area (Å²) in [5.41, 5.74) is 0. The largest absolute Gasteiger partial charge is 0.484 e. The normalized spacial score (nSPS) is 26.8. The fourth-order valence-corrected chi connectivity index (χ4v) is 4.76. The van der Waals surface area contributed by atoms with Crippen LogP contribution in [0.4, 0.5) is 0 Å². The van der Waals surface area contributed by atoms with Crippen molar-refractivity contribution in [3.05, 3.63) is 28.2 Å². The number of nitrogens with zero attached hydrogens (tertiary/aromatic N) is 2. The lowest BCUT2D eigenvalue weighted by atomic mass is 9.84. The van der Waals surface area contributed by atoms with Gasteiger partial charge in [-0.05, 0) is 50.9 Å². The number of rotatable bonds is 7. The van der Waals surface area contributed by atoms with Crippen LogP contribution in [0, 0.1) is 0 Å². The molecule has 2 fully saturated rings. The highest BCUT2D eigenvalue weighted by atomic mass is 35.5. The van der Waals surface area contributed by atoms with Gasteiger partial charge in [0.25, 0.3) is 5.91 Å². The first-order valence-electron chi connectivity index (χ1n) is 10.1. The van der Waals surface area contributed by atoms with Crippen molar-refractivity contribution in [1.29, 1.82) is 0 Å². The van der Waals surface area contributed by atoms with Crippen LogP contribution < -0.4 is 4.74 Å². The highest BCUT2D eigenvalue weighted by Crippen LogP contribution is 2.32. The maximum atomic E-state index is 12.9. The Morgan fingerprint density at radius 3 is 2.33 bits per heavy atom. The first-order valence-corrected chi connectivity index (χ1v) is 10.8. The lowest BCUT2D eigenvalue weighted by molar-refractivity contribution is -0.142. The van der Waals surface area contributed by atoms with E-state index in [2.05, 4.69) is 4.90 Å². The molecule has 0 unspecified atom stereocenters. The molecule has 4 atom stereocenters. The number of hydrogen-bond donors (Lipinski definition) is 0. The molecule has 170 valence electrons. The Hall–Kier alpha value is -0.760. The van der Waals surface area contributed by atoms with E-state index >= 15 is 0 Å². The summed E-state index contributed by atoms with van der Waals surface area (Å²) >= 11 is 12.0. The molecule has 1 aliphatic carbocycles. The third kappa shape index (κ3) is 5.93. The van der Waals surface area contributed by atoms with Crippen molar-refractivity contribution in [3.8, 4) is 5.75 Å². The van der Waals surface area contributed by atoms with E-state index in [1.807, 2.05) is 11.9 Å². The number of likely N-dealkylation sites (tertiary alicyclic amines) is 1. The average molecular weight is 482 g/mol. The van der Waals surface area contributed by atoms with Crippen LogP contribution in [0.1, 0.15) is 25.7 Å². The van der Waals surface area contributed by atoms with E-state index in [9.17, 15) is 4.79 Å². The van der Waals surface area contributed by atoms with Crippen LogP contribution in [0.2, 0.25) is 10.0 Å². The predicted octanol–water partition coefficient (Wildman–Crippen LogP) is 3.91. The van der Waals surface area contributed by atoms with Crippen molar-refractivity contribution in [3.63, 3.8) is 0 Å². The van der Waals surface area contributed by atoms with Gasteiger partial charge in [-0.2, -0.15) is 0 Å². The average Bonchev–Trinajstić information content (AvgIpc) is 3.27. The predicted molar refractivity (Wildman–Crippen MR) is 121 cm³/mol. The second-order valence-corrected chi connectivity index (χ2v) is 8.58. The molecule has 1 aromatic rings. The monoisotopic (exact) mass is 480 g/mol. The highest BCUT2D eigenvalue weighted by molar-refractivity contribution is 6.42. The topological polar surface area (TPSA) is 51.2 Å². The fraction of sp³-hybridized carbons (Fsp3) is 0.667. The summed E-state index contributed by atoms with van der Waals surface area (Å²) in [5, 5.41) is 0.858. The summed E-state index contributed by atoms with van der Waals surface area (Å²) < 4.78 is 17.0. The maximum absolute atomic E-state index is 12.9. The second kappa shape index (κ2) is 11.7. The molecule has 1 heterocycles. The van der Waals surface area contributed by atoms with Crippen molar-refractivity contribution < 1.29 is 19.0 Å². The van der Waals surface area contributed by atoms with Crippen LogP contribution in [0.3, 0.4) is 0 Å². The molecule has 0 aromatic heterocycles. The minimum absolute atomic E-state index is 0. The Balaban J connectivity index is 0.00000320. The summed E-state index contributed by atoms with van der Waals surface area (Å²) in [6.07, 6.45) is 4.00. The number of methoxy groups -OCH3 is 2. The van der Waals surface area contributed by atoms with Crippen LogP contribution >= 0.6 is 35.6 Å². The zero-order valence-electron chi connectivity index (χ0n) is 17.7. The van der Waals surface area contributed by atoms with Gasteiger partial charge < -0.3 is 19.1 Å². The number of likely N-dealkylation sites (N-methyl/N-ethyl adjacent to an activating group) is 1. The molecule has 0 spiro atoms. The summed E-state index contributed by atoms with van der Waals surface area (Å²) in [5.74, 6) is 0.450. The van der Waals surface area contributed by atoms with Gasteiger partial charge in [0.05, 0.1) is 22.3 Å². The van der Waals surface area contributed by atoms with E-state index in [4.69, 9.17) is 37.4 Å². The molecular formula is C21H31Cl3N2O4. The van der Waals surface area contributed by atoms with Crippen molar-refractivity contribution in [2.45, 2.75) is 50.0 Å². The highest BCUT2D eigenvalue weighted by Gasteiger charge is 2.43. The lowest BCUT2D eigenvalue weighted by Crippen LogP contribution is -2.59. The van der Waals surface area contributed by atoms with Gasteiger partial charge in [0.1, 0.15) is 5.75 Å². The van der Waals surface area contributed by atoms with Gasteiger partial charge >= 0.3 is 0 Å². The fourth-order valence-electron chi connectivity index (χ4n) is 4.47. The number of hydrogen-bond acceptors (Lipinski definition) is 5. The second-order valence-electron chi connectivity index (χ2n) is 7.77. The number of amides is 1. The van der Waals surface area contributed by atoms with Crippen LogP contribution in [0.5, 0.6) is 5.75 Å². The molecule has 1 aromatic carbocycles. The molecule has 0 N–H and O–H groups in total. The van der Waals surface area contributed by atoms with E-state index in [0.29, 0.717) is 15.8 Å². The molecule has 30 heavy (non-hydrogen) atoms. The van der Waals surface area contributed by atoms with E-state index in [-0.39, 0.29) is 49.2 Å². The molecule has 1 saturated heterocycles. The number of carbonyl (C=O) groups is 1. The molecule has 0 radical (unpaired) electrons. The molecule has 1 saturated carbocycles. The van der Waals surface area contributed by atoms with Crippen molar-refractivity contribution in [2.24, 2.45) is 0 Å². The minimum atomic E-state index is -0.0732. The number of halogens is 3. The summed E-state index contributed by atoms with van der Waals surface area (Å²) in [4.78, 5) is 17.2. The standard InChI is InChI=1S/C21H30Cl2N2O4.ClH/c1-24(21(26)13-29-14-6-7-15(22)16(23)10-14)17-11-19(27-2)20(28-3)12-18(17)25-8-4-5-9-25;/h6-7,10,17-20H,4-5,8-9,11-13H2,1-3H3;1H/t17-,18-,19-,20+;/m1./s1. The summed E-state index contributed by atoms with van der Waals surface area (Å²) in [7, 11) is 5.30. The molecule has 2 aliphatic rings. The Morgan fingerprint density at radius 1 is 1.10 bits per heavy atom. The number of carbonyl (C=O) groups excluding carboxylic acids is 1. The first-order chi connectivity index (χ1) is 13.9. The third-order valence-electron chi connectivity index (χ3n) is 6.17. The molecule has 1 amide bonds. The summed E-state index contributed by atoms with van der Waals surface area (Å²) in [6.45, 7) is 2.08. The number of ether oxygens (including phenoxy) is 3. The Morgan fingerprint density at radius 2 is 1.73 bits per heavy atom. The molecule has 9 heteroatoms. The minimum Gasteiger partial charge on any atom is -0.484 e. The summed E-state index contributed by atoms with van der Waals surface area (Å²) in [6, 6.07) is 5.29. The molecule has 3 rings (SSSR count). The van der Waals surface area contributed by atoms with E-state index in [1.54, 1.807) is 32.4 Å². The molecule has 6 nitrogen and oxygen atoms in total. The Bertz CT molecular complexity index is 703. The van der Waals surface area contributed by atoms with Crippen LogP contribution in [-0.4, -0.2) is 81.0 Å². The third-order valence-corrected chi connectivity index (χ3v) is 6.90. The smallest absolute Gasteiger partial charge is 0.260 e. The van der Waals surface area contributed by atoms with Crippen molar-refractivity contribution in [2.75, 3.05) is 41.0 Å². The van der Waals surface area contributed by atoms with Gasteiger partial charge in [-0.25, -0.2) is 0 Å². The van der Waals surface area contributed by atoms with Gasteiger partial charge in [0.15, 0.2) is 6.61 Å².